The average molecular weight is 506 g/mol. The molecule has 4 aromatic heterocycles. The normalized spacial score (nSPS) is 23.8. The molecule has 1 saturated carbocycles. The first-order valence-electron chi connectivity index (χ1n) is 12.6. The lowest BCUT2D eigenvalue weighted by Crippen LogP contribution is -2.51. The second-order valence-corrected chi connectivity index (χ2v) is 9.53. The summed E-state index contributed by atoms with van der Waals surface area (Å²) in [5.41, 5.74) is 4.22. The van der Waals surface area contributed by atoms with Gasteiger partial charge in [-0.2, -0.15) is 5.10 Å². The van der Waals surface area contributed by atoms with Crippen LogP contribution in [0.25, 0.3) is 27.9 Å². The first-order chi connectivity index (χ1) is 18.1. The molecular formula is C26H31N7O4. The molecule has 1 saturated heterocycles. The van der Waals surface area contributed by atoms with Gasteiger partial charge in [-0.05, 0) is 37.5 Å². The van der Waals surface area contributed by atoms with Gasteiger partial charge in [0.25, 0.3) is 5.91 Å². The van der Waals surface area contributed by atoms with Crippen molar-refractivity contribution in [1.29, 1.82) is 0 Å². The number of hydrogen-bond acceptors (Lipinski definition) is 8. The molecule has 4 aromatic rings. The fourth-order valence-corrected chi connectivity index (χ4v) is 5.38. The van der Waals surface area contributed by atoms with Crippen LogP contribution >= 0.6 is 0 Å². The van der Waals surface area contributed by atoms with Crippen LogP contribution in [-0.4, -0.2) is 82.8 Å². The first-order valence-corrected chi connectivity index (χ1v) is 12.6. The number of hydrogen-bond donors (Lipinski definition) is 2. The molecule has 194 valence electrons. The molecule has 0 spiro atoms. The molecule has 0 radical (unpaired) electrons. The molecule has 11 heteroatoms. The Bertz CT molecular complexity index is 1450. The summed E-state index contributed by atoms with van der Waals surface area (Å²) in [6, 6.07) is 6.01. The van der Waals surface area contributed by atoms with Crippen molar-refractivity contribution < 1.29 is 19.0 Å². The number of ether oxygens (including phenoxy) is 3. The maximum atomic E-state index is 13.2. The number of rotatable bonds is 7. The average Bonchev–Trinajstić information content (AvgIpc) is 3.53. The van der Waals surface area contributed by atoms with Crippen molar-refractivity contribution in [3.63, 3.8) is 0 Å². The van der Waals surface area contributed by atoms with Crippen molar-refractivity contribution in [2.45, 2.75) is 43.6 Å². The maximum Gasteiger partial charge on any atom is 0.271 e. The second-order valence-electron chi connectivity index (χ2n) is 9.53. The van der Waals surface area contributed by atoms with Crippen LogP contribution in [0.15, 0.2) is 36.8 Å². The van der Waals surface area contributed by atoms with E-state index >= 15 is 0 Å². The third-order valence-electron chi connectivity index (χ3n) is 7.59. The SMILES string of the molecule is CNc1cc(-c2cn([C@@H]3CCOC[C@H]3OC)c3ncccc23)nn2c(C(=O)NC3CC[C@@H]3OC)cnc12. The number of aromatic nitrogens is 5. The Balaban J connectivity index is 1.45. The van der Waals surface area contributed by atoms with E-state index in [0.29, 0.717) is 30.2 Å². The van der Waals surface area contributed by atoms with Crippen LogP contribution in [0, 0.1) is 0 Å². The highest BCUT2D eigenvalue weighted by Gasteiger charge is 2.33. The number of methoxy groups -OCH3 is 2. The second kappa shape index (κ2) is 9.73. The zero-order valence-corrected chi connectivity index (χ0v) is 21.2. The molecule has 0 bridgehead atoms. The molecule has 1 amide bonds. The summed E-state index contributed by atoms with van der Waals surface area (Å²) in [6.45, 7) is 1.20. The zero-order valence-electron chi connectivity index (χ0n) is 21.2. The van der Waals surface area contributed by atoms with Crippen LogP contribution in [0.1, 0.15) is 35.8 Å². The minimum atomic E-state index is -0.222. The summed E-state index contributed by atoms with van der Waals surface area (Å²) in [7, 11) is 5.22. The highest BCUT2D eigenvalue weighted by atomic mass is 16.5. The van der Waals surface area contributed by atoms with E-state index in [9.17, 15) is 4.79 Å². The molecule has 11 nitrogen and oxygen atoms in total. The van der Waals surface area contributed by atoms with Crippen LogP contribution in [-0.2, 0) is 14.2 Å². The van der Waals surface area contributed by atoms with Crippen molar-refractivity contribution in [3.8, 4) is 11.3 Å². The lowest BCUT2D eigenvalue weighted by atomic mass is 9.89. The summed E-state index contributed by atoms with van der Waals surface area (Å²) >= 11 is 0. The van der Waals surface area contributed by atoms with Gasteiger partial charge in [-0.25, -0.2) is 14.5 Å². The number of pyridine rings is 1. The highest BCUT2D eigenvalue weighted by molar-refractivity contribution is 5.96. The molecule has 2 aliphatic rings. The van der Waals surface area contributed by atoms with Gasteiger partial charge in [-0.15, -0.1) is 0 Å². The van der Waals surface area contributed by atoms with Crippen LogP contribution in [0.5, 0.6) is 0 Å². The van der Waals surface area contributed by atoms with Gasteiger partial charge in [0.05, 0.1) is 42.4 Å². The van der Waals surface area contributed by atoms with Crippen molar-refractivity contribution in [2.24, 2.45) is 0 Å². The minimum absolute atomic E-state index is 0.00717. The molecule has 2 fully saturated rings. The summed E-state index contributed by atoms with van der Waals surface area (Å²) in [5, 5.41) is 12.2. The molecule has 4 atom stereocenters. The maximum absolute atomic E-state index is 13.2. The van der Waals surface area contributed by atoms with E-state index in [-0.39, 0.29) is 30.2 Å². The van der Waals surface area contributed by atoms with E-state index in [0.717, 1.165) is 41.5 Å². The topological polar surface area (TPSA) is 117 Å². The third kappa shape index (κ3) is 4.03. The number of imidazole rings is 1. The molecule has 5 heterocycles. The van der Waals surface area contributed by atoms with Crippen molar-refractivity contribution in [1.82, 2.24) is 29.5 Å². The van der Waals surface area contributed by atoms with Gasteiger partial charge in [0.2, 0.25) is 0 Å². The Morgan fingerprint density at radius 1 is 1.14 bits per heavy atom. The lowest BCUT2D eigenvalue weighted by Gasteiger charge is -2.35. The number of fused-ring (bicyclic) bond motifs is 2. The van der Waals surface area contributed by atoms with Gasteiger partial charge in [-0.1, -0.05) is 0 Å². The number of nitrogens with zero attached hydrogens (tertiary/aromatic N) is 5. The van der Waals surface area contributed by atoms with E-state index in [2.05, 4.69) is 26.4 Å². The predicted octanol–water partition coefficient (Wildman–Crippen LogP) is 2.67. The van der Waals surface area contributed by atoms with Gasteiger partial charge < -0.3 is 29.4 Å². The number of anilines is 1. The zero-order chi connectivity index (χ0) is 25.5. The van der Waals surface area contributed by atoms with Crippen molar-refractivity contribution in [2.75, 3.05) is 39.8 Å². The van der Waals surface area contributed by atoms with Gasteiger partial charge in [0.15, 0.2) is 11.3 Å². The number of amides is 1. The van der Waals surface area contributed by atoms with Crippen LogP contribution in [0.3, 0.4) is 0 Å². The smallest absolute Gasteiger partial charge is 0.271 e. The molecule has 1 aliphatic heterocycles. The van der Waals surface area contributed by atoms with Crippen molar-refractivity contribution in [3.05, 3.63) is 42.5 Å². The summed E-state index contributed by atoms with van der Waals surface area (Å²) < 4.78 is 20.6. The van der Waals surface area contributed by atoms with Gasteiger partial charge in [0, 0.05) is 51.2 Å². The van der Waals surface area contributed by atoms with Crippen LogP contribution < -0.4 is 10.6 Å². The molecule has 2 N–H and O–H groups in total. The van der Waals surface area contributed by atoms with E-state index in [1.807, 2.05) is 25.2 Å². The predicted molar refractivity (Wildman–Crippen MR) is 138 cm³/mol. The van der Waals surface area contributed by atoms with Gasteiger partial charge in [-0.3, -0.25) is 4.79 Å². The van der Waals surface area contributed by atoms with Crippen molar-refractivity contribution >= 4 is 28.3 Å². The summed E-state index contributed by atoms with van der Waals surface area (Å²) in [6.07, 6.45) is 8.07. The Kier molecular flexibility index (Phi) is 6.27. The number of carbonyl (C=O) groups excluding carboxylic acids is 1. The Morgan fingerprint density at radius 2 is 2.00 bits per heavy atom. The number of carbonyl (C=O) groups is 1. The standard InChI is InChI=1S/C26H31N7O4/c1-27-19-11-18(31-33-21(12-29-25(19)33)26(34)30-17-6-7-22(17)35-2)16-13-32(24-15(16)5-4-9-28-24)20-8-10-37-14-23(20)36-3/h4-5,9,11-13,17,20,22-23,27H,6-8,10,14H2,1-3H3,(H,30,34)/t17?,20-,22+,23-/m1/s1. The van der Waals surface area contributed by atoms with Crippen LogP contribution in [0.2, 0.25) is 0 Å². The van der Waals surface area contributed by atoms with E-state index in [1.54, 1.807) is 31.1 Å². The Morgan fingerprint density at radius 3 is 2.76 bits per heavy atom. The molecular weight excluding hydrogens is 474 g/mol. The van der Waals surface area contributed by atoms with E-state index < -0.39 is 0 Å². The molecule has 0 aromatic carbocycles. The van der Waals surface area contributed by atoms with Crippen LogP contribution in [0.4, 0.5) is 5.69 Å². The Hall–Kier alpha value is -3.54. The quantitative estimate of drug-likeness (QED) is 0.394. The molecule has 1 unspecified atom stereocenters. The third-order valence-corrected chi connectivity index (χ3v) is 7.59. The minimum Gasteiger partial charge on any atom is -0.385 e. The fourth-order valence-electron chi connectivity index (χ4n) is 5.38. The summed E-state index contributed by atoms with van der Waals surface area (Å²) in [4.78, 5) is 22.4. The molecule has 37 heavy (non-hydrogen) atoms. The molecule has 6 rings (SSSR count). The van der Waals surface area contributed by atoms with E-state index in [4.69, 9.17) is 24.3 Å². The largest absolute Gasteiger partial charge is 0.385 e. The van der Waals surface area contributed by atoms with E-state index in [1.165, 1.54) is 0 Å². The Labute approximate surface area is 214 Å². The van der Waals surface area contributed by atoms with Gasteiger partial charge >= 0.3 is 0 Å². The lowest BCUT2D eigenvalue weighted by molar-refractivity contribution is -0.0592. The summed E-state index contributed by atoms with van der Waals surface area (Å²) in [5.74, 6) is -0.222. The number of nitrogens with one attached hydrogen (secondary N) is 2. The highest BCUT2D eigenvalue weighted by Crippen LogP contribution is 2.35. The fraction of sp³-hybridized carbons (Fsp3) is 0.462. The first kappa shape index (κ1) is 23.8. The molecule has 1 aliphatic carbocycles. The van der Waals surface area contributed by atoms with Gasteiger partial charge in [0.1, 0.15) is 11.8 Å². The monoisotopic (exact) mass is 505 g/mol.